The standard InChI is InChI=1S/C14H21ClN2O3/c1-9(14(19)20)5-4-6-10(2)16-13(18)12-7-11(15)8-17(12)3/h7-10H,4-6H2,1-3H3,(H,16,18)(H,19,20). The molecule has 1 aromatic heterocycles. The van der Waals surface area contributed by atoms with Crippen LogP contribution in [0.5, 0.6) is 0 Å². The molecule has 2 unspecified atom stereocenters. The number of hydrogen-bond donors (Lipinski definition) is 2. The summed E-state index contributed by atoms with van der Waals surface area (Å²) in [6.45, 7) is 3.60. The van der Waals surface area contributed by atoms with Crippen LogP contribution in [0.3, 0.4) is 0 Å². The Morgan fingerprint density at radius 2 is 2.05 bits per heavy atom. The Bertz CT molecular complexity index is 485. The molecule has 0 radical (unpaired) electrons. The summed E-state index contributed by atoms with van der Waals surface area (Å²) in [6, 6.07) is 1.62. The lowest BCUT2D eigenvalue weighted by molar-refractivity contribution is -0.141. The molecule has 0 spiro atoms. The molecular formula is C14H21ClN2O3. The van der Waals surface area contributed by atoms with Gasteiger partial charge < -0.3 is 15.0 Å². The zero-order valence-corrected chi connectivity index (χ0v) is 12.8. The number of aromatic nitrogens is 1. The highest BCUT2D eigenvalue weighted by molar-refractivity contribution is 6.31. The lowest BCUT2D eigenvalue weighted by Gasteiger charge is -2.14. The monoisotopic (exact) mass is 300 g/mol. The minimum absolute atomic E-state index is 0.00262. The van der Waals surface area contributed by atoms with Crippen molar-refractivity contribution < 1.29 is 14.7 Å². The van der Waals surface area contributed by atoms with Gasteiger partial charge >= 0.3 is 5.97 Å². The molecule has 0 saturated heterocycles. The second kappa shape index (κ2) is 7.33. The summed E-state index contributed by atoms with van der Waals surface area (Å²) < 4.78 is 1.68. The largest absolute Gasteiger partial charge is 0.481 e. The first-order valence-corrected chi connectivity index (χ1v) is 7.04. The molecule has 0 fully saturated rings. The molecule has 0 aliphatic heterocycles. The Kier molecular flexibility index (Phi) is 6.07. The predicted octanol–water partition coefficient (Wildman–Crippen LogP) is 2.69. The Balaban J connectivity index is 2.39. The van der Waals surface area contributed by atoms with E-state index in [1.165, 1.54) is 0 Å². The highest BCUT2D eigenvalue weighted by Crippen LogP contribution is 2.14. The van der Waals surface area contributed by atoms with Crippen molar-refractivity contribution in [2.24, 2.45) is 13.0 Å². The SMILES string of the molecule is CC(CCCC(C)C(=O)O)NC(=O)c1cc(Cl)cn1C. The minimum atomic E-state index is -0.778. The Morgan fingerprint density at radius 3 is 2.55 bits per heavy atom. The Hall–Kier alpha value is -1.49. The molecule has 1 rings (SSSR count). The fourth-order valence-corrected chi connectivity index (χ4v) is 2.22. The lowest BCUT2D eigenvalue weighted by Crippen LogP contribution is -2.33. The molecule has 2 N–H and O–H groups in total. The van der Waals surface area contributed by atoms with Crippen LogP contribution in [0.15, 0.2) is 12.3 Å². The van der Waals surface area contributed by atoms with Gasteiger partial charge in [-0.3, -0.25) is 9.59 Å². The molecule has 5 nitrogen and oxygen atoms in total. The highest BCUT2D eigenvalue weighted by Gasteiger charge is 2.15. The van der Waals surface area contributed by atoms with E-state index in [0.29, 0.717) is 17.1 Å². The molecule has 0 aliphatic rings. The number of amides is 1. The van der Waals surface area contributed by atoms with Gasteiger partial charge in [-0.1, -0.05) is 24.9 Å². The van der Waals surface area contributed by atoms with E-state index < -0.39 is 5.97 Å². The summed E-state index contributed by atoms with van der Waals surface area (Å²) in [4.78, 5) is 22.7. The maximum atomic E-state index is 12.0. The van der Waals surface area contributed by atoms with Gasteiger partial charge in [-0.25, -0.2) is 0 Å². The van der Waals surface area contributed by atoms with Gasteiger partial charge in [0.2, 0.25) is 0 Å². The van der Waals surface area contributed by atoms with Gasteiger partial charge in [0.05, 0.1) is 10.9 Å². The second-order valence-corrected chi connectivity index (χ2v) is 5.64. The van der Waals surface area contributed by atoms with Crippen molar-refractivity contribution in [1.29, 1.82) is 0 Å². The van der Waals surface area contributed by atoms with E-state index in [-0.39, 0.29) is 17.9 Å². The molecule has 2 atom stereocenters. The zero-order valence-electron chi connectivity index (χ0n) is 12.0. The second-order valence-electron chi connectivity index (χ2n) is 5.20. The lowest BCUT2D eigenvalue weighted by atomic mass is 10.0. The molecule has 112 valence electrons. The van der Waals surface area contributed by atoms with Crippen molar-refractivity contribution in [3.63, 3.8) is 0 Å². The van der Waals surface area contributed by atoms with Crippen LogP contribution in [0.4, 0.5) is 0 Å². The fraction of sp³-hybridized carbons (Fsp3) is 0.571. The summed E-state index contributed by atoms with van der Waals surface area (Å²) in [6.07, 6.45) is 3.81. The average molecular weight is 301 g/mol. The first-order chi connectivity index (χ1) is 9.31. The van der Waals surface area contributed by atoms with E-state index >= 15 is 0 Å². The van der Waals surface area contributed by atoms with Crippen LogP contribution in [0, 0.1) is 5.92 Å². The molecule has 0 bridgehead atoms. The average Bonchev–Trinajstić information content (AvgIpc) is 2.68. The number of carbonyl (C=O) groups is 2. The van der Waals surface area contributed by atoms with Gasteiger partial charge in [0.15, 0.2) is 0 Å². The van der Waals surface area contributed by atoms with Crippen molar-refractivity contribution in [1.82, 2.24) is 9.88 Å². The van der Waals surface area contributed by atoms with Crippen molar-refractivity contribution in [2.75, 3.05) is 0 Å². The first-order valence-electron chi connectivity index (χ1n) is 6.66. The number of carboxylic acid groups (broad SMARTS) is 1. The van der Waals surface area contributed by atoms with Crippen molar-refractivity contribution in [3.05, 3.63) is 23.0 Å². The molecule has 0 aromatic carbocycles. The fourth-order valence-electron chi connectivity index (χ4n) is 1.97. The van der Waals surface area contributed by atoms with E-state index in [0.717, 1.165) is 12.8 Å². The van der Waals surface area contributed by atoms with Crippen LogP contribution in [0.25, 0.3) is 0 Å². The van der Waals surface area contributed by atoms with Gasteiger partial charge in [0, 0.05) is 19.3 Å². The number of carbonyl (C=O) groups excluding carboxylic acids is 1. The number of nitrogens with one attached hydrogen (secondary N) is 1. The number of rotatable bonds is 7. The number of aliphatic carboxylic acids is 1. The Morgan fingerprint density at radius 1 is 1.40 bits per heavy atom. The summed E-state index contributed by atoms with van der Waals surface area (Å²) in [7, 11) is 1.76. The molecule has 1 aromatic rings. The normalized spacial score (nSPS) is 13.8. The summed E-state index contributed by atoms with van der Waals surface area (Å²) in [5, 5.41) is 12.2. The third kappa shape index (κ3) is 4.89. The molecule has 0 saturated carbocycles. The van der Waals surface area contributed by atoms with Gasteiger partial charge in [-0.2, -0.15) is 0 Å². The van der Waals surface area contributed by atoms with Gasteiger partial charge in [0.1, 0.15) is 5.69 Å². The first kappa shape index (κ1) is 16.6. The van der Waals surface area contributed by atoms with E-state index in [9.17, 15) is 9.59 Å². The maximum Gasteiger partial charge on any atom is 0.306 e. The van der Waals surface area contributed by atoms with Gasteiger partial charge in [0.25, 0.3) is 5.91 Å². The summed E-state index contributed by atoms with van der Waals surface area (Å²) in [5.74, 6) is -1.29. The predicted molar refractivity (Wildman–Crippen MR) is 78.0 cm³/mol. The molecule has 6 heteroatoms. The smallest absolute Gasteiger partial charge is 0.306 e. The van der Waals surface area contributed by atoms with E-state index in [4.69, 9.17) is 16.7 Å². The number of nitrogens with zero attached hydrogens (tertiary/aromatic N) is 1. The summed E-state index contributed by atoms with van der Waals surface area (Å²) in [5.41, 5.74) is 0.515. The Labute approximate surface area is 123 Å². The number of hydrogen-bond acceptors (Lipinski definition) is 2. The van der Waals surface area contributed by atoms with Crippen molar-refractivity contribution in [3.8, 4) is 0 Å². The molecule has 1 amide bonds. The van der Waals surface area contributed by atoms with Crippen LogP contribution < -0.4 is 5.32 Å². The minimum Gasteiger partial charge on any atom is -0.481 e. The van der Waals surface area contributed by atoms with Crippen molar-refractivity contribution in [2.45, 2.75) is 39.2 Å². The molecule has 1 heterocycles. The maximum absolute atomic E-state index is 12.0. The number of carboxylic acids is 1. The summed E-state index contributed by atoms with van der Waals surface area (Å²) >= 11 is 5.84. The third-order valence-corrected chi connectivity index (χ3v) is 3.48. The van der Waals surface area contributed by atoms with Crippen LogP contribution in [0.1, 0.15) is 43.6 Å². The molecular weight excluding hydrogens is 280 g/mol. The topological polar surface area (TPSA) is 71.3 Å². The van der Waals surface area contributed by atoms with E-state index in [2.05, 4.69) is 5.32 Å². The van der Waals surface area contributed by atoms with Crippen LogP contribution in [-0.2, 0) is 11.8 Å². The highest BCUT2D eigenvalue weighted by atomic mass is 35.5. The van der Waals surface area contributed by atoms with Crippen molar-refractivity contribution >= 4 is 23.5 Å². The van der Waals surface area contributed by atoms with Gasteiger partial charge in [-0.15, -0.1) is 0 Å². The van der Waals surface area contributed by atoms with Crippen LogP contribution in [0.2, 0.25) is 5.02 Å². The number of halogens is 1. The quantitative estimate of drug-likeness (QED) is 0.813. The molecule has 0 aliphatic carbocycles. The van der Waals surface area contributed by atoms with E-state index in [1.807, 2.05) is 6.92 Å². The molecule has 20 heavy (non-hydrogen) atoms. The van der Waals surface area contributed by atoms with E-state index in [1.54, 1.807) is 30.8 Å². The van der Waals surface area contributed by atoms with Gasteiger partial charge in [-0.05, 0) is 25.8 Å². The van der Waals surface area contributed by atoms with Crippen LogP contribution in [-0.4, -0.2) is 27.6 Å². The third-order valence-electron chi connectivity index (χ3n) is 3.28. The number of aryl methyl sites for hydroxylation is 1. The zero-order chi connectivity index (χ0) is 15.3. The van der Waals surface area contributed by atoms with Crippen LogP contribution >= 0.6 is 11.6 Å².